The Bertz CT molecular complexity index is 432. The molecule has 19 heavy (non-hydrogen) atoms. The minimum Gasteiger partial charge on any atom is -0.444 e. The lowest BCUT2D eigenvalue weighted by Crippen LogP contribution is -2.36. The molecular formula is C13H20FN3O2. The van der Waals surface area contributed by atoms with Gasteiger partial charge in [0, 0.05) is 25.2 Å². The number of nitrogens with two attached hydrogens (primary N) is 1. The Balaban J connectivity index is 2.59. The first-order valence-corrected chi connectivity index (χ1v) is 6.10. The van der Waals surface area contributed by atoms with Crippen molar-refractivity contribution >= 4 is 6.09 Å². The zero-order chi connectivity index (χ0) is 14.5. The lowest BCUT2D eigenvalue weighted by atomic mass is 10.00. The third-order valence-corrected chi connectivity index (χ3v) is 2.42. The second-order valence-corrected chi connectivity index (χ2v) is 5.21. The molecule has 0 fully saturated rings. The minimum absolute atomic E-state index is 0.215. The van der Waals surface area contributed by atoms with Crippen LogP contribution in [-0.2, 0) is 4.74 Å². The van der Waals surface area contributed by atoms with Crippen molar-refractivity contribution in [1.82, 2.24) is 10.3 Å². The molecule has 106 valence electrons. The number of rotatable bonds is 4. The lowest BCUT2D eigenvalue weighted by Gasteiger charge is -2.21. The maximum Gasteiger partial charge on any atom is 0.407 e. The van der Waals surface area contributed by atoms with E-state index in [1.54, 1.807) is 26.8 Å². The number of nitrogens with one attached hydrogen (secondary N) is 1. The summed E-state index contributed by atoms with van der Waals surface area (Å²) in [5.74, 6) is -0.737. The summed E-state index contributed by atoms with van der Waals surface area (Å²) in [4.78, 5) is 15.2. The molecule has 0 aromatic carbocycles. The molecule has 0 spiro atoms. The van der Waals surface area contributed by atoms with Gasteiger partial charge in [0.2, 0.25) is 0 Å². The molecule has 1 atom stereocenters. The molecule has 1 aromatic rings. The fourth-order valence-electron chi connectivity index (χ4n) is 1.56. The molecule has 1 heterocycles. The van der Waals surface area contributed by atoms with E-state index in [1.165, 1.54) is 6.20 Å². The Hall–Kier alpha value is -1.69. The van der Waals surface area contributed by atoms with Crippen molar-refractivity contribution in [2.75, 3.05) is 13.1 Å². The second kappa shape index (κ2) is 6.47. The largest absolute Gasteiger partial charge is 0.444 e. The zero-order valence-electron chi connectivity index (χ0n) is 11.4. The molecule has 0 saturated carbocycles. The van der Waals surface area contributed by atoms with Gasteiger partial charge in [0.1, 0.15) is 11.4 Å². The third kappa shape index (κ3) is 5.21. The molecule has 0 saturated heterocycles. The standard InChI is InChI=1S/C13H20FN3O2/c1-13(2,3)19-12(18)17-7-9(6-15)10-4-5-16-8-11(10)14/h4-5,8-9H,6-7,15H2,1-3H3,(H,17,18). The van der Waals surface area contributed by atoms with Gasteiger partial charge in [0.25, 0.3) is 0 Å². The Morgan fingerprint density at radius 3 is 2.79 bits per heavy atom. The lowest BCUT2D eigenvalue weighted by molar-refractivity contribution is 0.0524. The molecule has 1 unspecified atom stereocenters. The number of alkyl carbamates (subject to hydrolysis) is 1. The van der Waals surface area contributed by atoms with Crippen LogP contribution >= 0.6 is 0 Å². The zero-order valence-corrected chi connectivity index (χ0v) is 11.4. The van der Waals surface area contributed by atoms with Gasteiger partial charge < -0.3 is 15.8 Å². The molecule has 3 N–H and O–H groups in total. The summed E-state index contributed by atoms with van der Waals surface area (Å²) in [6.45, 7) is 5.75. The Morgan fingerprint density at radius 1 is 1.58 bits per heavy atom. The van der Waals surface area contributed by atoms with Crippen LogP contribution in [0.3, 0.4) is 0 Å². The molecule has 1 rings (SSSR count). The number of aromatic nitrogens is 1. The number of hydrogen-bond donors (Lipinski definition) is 2. The highest BCUT2D eigenvalue weighted by Crippen LogP contribution is 2.16. The van der Waals surface area contributed by atoms with Crippen molar-refractivity contribution in [3.05, 3.63) is 29.8 Å². The van der Waals surface area contributed by atoms with Crippen LogP contribution in [0.15, 0.2) is 18.5 Å². The number of carbonyl (C=O) groups excluding carboxylic acids is 1. The molecule has 0 aliphatic carbocycles. The highest BCUT2D eigenvalue weighted by molar-refractivity contribution is 5.67. The van der Waals surface area contributed by atoms with Gasteiger partial charge in [-0.1, -0.05) is 0 Å². The van der Waals surface area contributed by atoms with Crippen molar-refractivity contribution in [2.24, 2.45) is 5.73 Å². The molecule has 1 amide bonds. The van der Waals surface area contributed by atoms with Crippen LogP contribution < -0.4 is 11.1 Å². The van der Waals surface area contributed by atoms with E-state index in [-0.39, 0.29) is 19.0 Å². The molecular weight excluding hydrogens is 249 g/mol. The van der Waals surface area contributed by atoms with Crippen molar-refractivity contribution in [3.8, 4) is 0 Å². The number of ether oxygens (including phenoxy) is 1. The first-order valence-electron chi connectivity index (χ1n) is 6.10. The van der Waals surface area contributed by atoms with Gasteiger partial charge in [-0.3, -0.25) is 4.98 Å². The molecule has 0 aliphatic rings. The van der Waals surface area contributed by atoms with Crippen LogP contribution in [0, 0.1) is 5.82 Å². The maximum absolute atomic E-state index is 13.6. The number of pyridine rings is 1. The van der Waals surface area contributed by atoms with Crippen LogP contribution in [0.25, 0.3) is 0 Å². The predicted molar refractivity (Wildman–Crippen MR) is 70.2 cm³/mol. The predicted octanol–water partition coefficient (Wildman–Crippen LogP) is 1.79. The third-order valence-electron chi connectivity index (χ3n) is 2.42. The van der Waals surface area contributed by atoms with Crippen LogP contribution in [0.2, 0.25) is 0 Å². The van der Waals surface area contributed by atoms with Crippen molar-refractivity contribution in [3.63, 3.8) is 0 Å². The summed E-state index contributed by atoms with van der Waals surface area (Å²) in [5, 5.41) is 2.59. The molecule has 1 aromatic heterocycles. The number of carbonyl (C=O) groups is 1. The number of halogens is 1. The maximum atomic E-state index is 13.6. The quantitative estimate of drug-likeness (QED) is 0.873. The van der Waals surface area contributed by atoms with Crippen LogP contribution in [-0.4, -0.2) is 29.8 Å². The summed E-state index contributed by atoms with van der Waals surface area (Å²) in [5.41, 5.74) is 5.48. The van der Waals surface area contributed by atoms with E-state index in [4.69, 9.17) is 10.5 Å². The van der Waals surface area contributed by atoms with Gasteiger partial charge in [-0.15, -0.1) is 0 Å². The van der Waals surface area contributed by atoms with Crippen molar-refractivity contribution in [2.45, 2.75) is 32.3 Å². The smallest absolute Gasteiger partial charge is 0.407 e. The Labute approximate surface area is 112 Å². The summed E-state index contributed by atoms with van der Waals surface area (Å²) in [6.07, 6.45) is 2.08. The van der Waals surface area contributed by atoms with E-state index in [2.05, 4.69) is 10.3 Å². The topological polar surface area (TPSA) is 77.2 Å². The molecule has 0 bridgehead atoms. The molecule has 0 radical (unpaired) electrons. The average Bonchev–Trinajstić information content (AvgIpc) is 2.29. The van der Waals surface area contributed by atoms with E-state index in [9.17, 15) is 9.18 Å². The van der Waals surface area contributed by atoms with E-state index in [0.29, 0.717) is 5.56 Å². The fourth-order valence-corrected chi connectivity index (χ4v) is 1.56. The van der Waals surface area contributed by atoms with E-state index in [0.717, 1.165) is 6.20 Å². The summed E-state index contributed by atoms with van der Waals surface area (Å²) >= 11 is 0. The van der Waals surface area contributed by atoms with Crippen molar-refractivity contribution < 1.29 is 13.9 Å². The summed E-state index contributed by atoms with van der Waals surface area (Å²) < 4.78 is 18.7. The average molecular weight is 269 g/mol. The van der Waals surface area contributed by atoms with E-state index < -0.39 is 17.5 Å². The van der Waals surface area contributed by atoms with Crippen molar-refractivity contribution in [1.29, 1.82) is 0 Å². The Kier molecular flexibility index (Phi) is 5.23. The van der Waals surface area contributed by atoms with E-state index >= 15 is 0 Å². The number of amides is 1. The first kappa shape index (κ1) is 15.4. The van der Waals surface area contributed by atoms with E-state index in [1.807, 2.05) is 0 Å². The summed E-state index contributed by atoms with van der Waals surface area (Å²) in [7, 11) is 0. The van der Waals surface area contributed by atoms with Gasteiger partial charge in [0.15, 0.2) is 0 Å². The Morgan fingerprint density at radius 2 is 2.26 bits per heavy atom. The van der Waals surface area contributed by atoms with Crippen LogP contribution in [0.4, 0.5) is 9.18 Å². The number of nitrogens with zero attached hydrogens (tertiary/aromatic N) is 1. The highest BCUT2D eigenvalue weighted by Gasteiger charge is 2.19. The fraction of sp³-hybridized carbons (Fsp3) is 0.538. The molecule has 5 nitrogen and oxygen atoms in total. The van der Waals surface area contributed by atoms with Gasteiger partial charge >= 0.3 is 6.09 Å². The van der Waals surface area contributed by atoms with Gasteiger partial charge in [-0.2, -0.15) is 0 Å². The first-order chi connectivity index (χ1) is 8.83. The van der Waals surface area contributed by atoms with Crippen LogP contribution in [0.5, 0.6) is 0 Å². The van der Waals surface area contributed by atoms with Gasteiger partial charge in [-0.25, -0.2) is 9.18 Å². The minimum atomic E-state index is -0.565. The van der Waals surface area contributed by atoms with Gasteiger partial charge in [-0.05, 0) is 32.4 Å². The second-order valence-electron chi connectivity index (χ2n) is 5.21. The monoisotopic (exact) mass is 269 g/mol. The normalized spacial score (nSPS) is 12.9. The molecule has 6 heteroatoms. The SMILES string of the molecule is CC(C)(C)OC(=O)NCC(CN)c1ccncc1F. The number of hydrogen-bond acceptors (Lipinski definition) is 4. The highest BCUT2D eigenvalue weighted by atomic mass is 19.1. The van der Waals surface area contributed by atoms with Gasteiger partial charge in [0.05, 0.1) is 6.20 Å². The molecule has 0 aliphatic heterocycles. The summed E-state index contributed by atoms with van der Waals surface area (Å²) in [6, 6.07) is 1.56. The van der Waals surface area contributed by atoms with Crippen LogP contribution in [0.1, 0.15) is 32.3 Å².